The Morgan fingerprint density at radius 2 is 1.73 bits per heavy atom. The zero-order chi connectivity index (χ0) is 23.2. The quantitative estimate of drug-likeness (QED) is 0.506. The van der Waals surface area contributed by atoms with Gasteiger partial charge in [0, 0.05) is 36.3 Å². The molecule has 1 aliphatic heterocycles. The first kappa shape index (κ1) is 22.3. The number of amides is 2. The maximum Gasteiger partial charge on any atom is 0.321 e. The second-order valence-corrected chi connectivity index (χ2v) is 8.05. The highest BCUT2D eigenvalue weighted by Gasteiger charge is 2.28. The molecule has 6 nitrogen and oxygen atoms in total. The lowest BCUT2D eigenvalue weighted by Crippen LogP contribution is -2.42. The molecule has 1 heterocycles. The third kappa shape index (κ3) is 5.88. The van der Waals surface area contributed by atoms with Gasteiger partial charge in [0.1, 0.15) is 23.9 Å². The van der Waals surface area contributed by atoms with Crippen molar-refractivity contribution in [3.8, 4) is 11.5 Å². The number of phenolic OH excluding ortho intramolecular Hbond substituents is 1. The number of ketones is 1. The van der Waals surface area contributed by atoms with Crippen LogP contribution in [-0.2, 0) is 6.61 Å². The van der Waals surface area contributed by atoms with E-state index in [2.05, 4.69) is 5.32 Å². The van der Waals surface area contributed by atoms with E-state index in [0.717, 1.165) is 0 Å². The van der Waals surface area contributed by atoms with Gasteiger partial charge in [-0.1, -0.05) is 18.2 Å². The number of hydrogen-bond acceptors (Lipinski definition) is 4. The zero-order valence-electron chi connectivity index (χ0n) is 18.0. The number of aromatic hydroxyl groups is 1. The molecule has 3 aromatic rings. The Bertz CT molecular complexity index is 1130. The van der Waals surface area contributed by atoms with Gasteiger partial charge in [-0.05, 0) is 66.9 Å². The normalized spacial score (nSPS) is 14.0. The van der Waals surface area contributed by atoms with Crippen molar-refractivity contribution < 1.29 is 23.8 Å². The highest BCUT2D eigenvalue weighted by molar-refractivity contribution is 5.98. The molecule has 0 saturated carbocycles. The van der Waals surface area contributed by atoms with Crippen molar-refractivity contribution in [3.63, 3.8) is 0 Å². The highest BCUT2D eigenvalue weighted by atomic mass is 19.1. The second kappa shape index (κ2) is 10.2. The number of anilines is 1. The lowest BCUT2D eigenvalue weighted by Gasteiger charge is -2.31. The number of benzene rings is 3. The molecule has 2 N–H and O–H groups in total. The molecular formula is C26H25FN2O4. The van der Waals surface area contributed by atoms with E-state index in [0.29, 0.717) is 48.5 Å². The minimum atomic E-state index is -0.314. The van der Waals surface area contributed by atoms with Crippen LogP contribution in [0.1, 0.15) is 28.8 Å². The van der Waals surface area contributed by atoms with Crippen LogP contribution in [0.5, 0.6) is 11.5 Å². The van der Waals surface area contributed by atoms with E-state index in [1.54, 1.807) is 53.4 Å². The molecule has 170 valence electrons. The van der Waals surface area contributed by atoms with Crippen molar-refractivity contribution >= 4 is 17.5 Å². The van der Waals surface area contributed by atoms with Gasteiger partial charge in [0.05, 0.1) is 0 Å². The molecular weight excluding hydrogens is 423 g/mol. The smallest absolute Gasteiger partial charge is 0.321 e. The molecule has 0 bridgehead atoms. The van der Waals surface area contributed by atoms with Gasteiger partial charge in [0.15, 0.2) is 5.78 Å². The van der Waals surface area contributed by atoms with Crippen LogP contribution in [0.3, 0.4) is 0 Å². The molecule has 3 aromatic carbocycles. The SMILES string of the molecule is O=C(c1ccc(O)cc1)C1CCN(C(=O)Nc2cccc(OCc3cccc(F)c3)c2)CC1. The van der Waals surface area contributed by atoms with Crippen LogP contribution in [0.2, 0.25) is 0 Å². The second-order valence-electron chi connectivity index (χ2n) is 8.05. The fraction of sp³-hybridized carbons (Fsp3) is 0.231. The summed E-state index contributed by atoms with van der Waals surface area (Å²) in [6.07, 6.45) is 1.17. The largest absolute Gasteiger partial charge is 0.508 e. The average molecular weight is 448 g/mol. The number of Topliss-reactive ketones (excluding diaryl/α,β-unsaturated/α-hetero) is 1. The number of urea groups is 1. The minimum Gasteiger partial charge on any atom is -0.508 e. The molecule has 33 heavy (non-hydrogen) atoms. The number of halogens is 1. The van der Waals surface area contributed by atoms with Crippen molar-refractivity contribution in [2.24, 2.45) is 5.92 Å². The summed E-state index contributed by atoms with van der Waals surface area (Å²) < 4.78 is 19.0. The number of hydrogen-bond donors (Lipinski definition) is 2. The molecule has 0 atom stereocenters. The monoisotopic (exact) mass is 448 g/mol. The van der Waals surface area contributed by atoms with E-state index in [1.807, 2.05) is 0 Å². The number of carbonyl (C=O) groups is 2. The van der Waals surface area contributed by atoms with Crippen LogP contribution in [-0.4, -0.2) is 34.9 Å². The van der Waals surface area contributed by atoms with Crippen molar-refractivity contribution in [1.82, 2.24) is 4.90 Å². The van der Waals surface area contributed by atoms with Gasteiger partial charge in [-0.3, -0.25) is 4.79 Å². The zero-order valence-corrected chi connectivity index (χ0v) is 18.0. The third-order valence-corrected chi connectivity index (χ3v) is 5.68. The lowest BCUT2D eigenvalue weighted by molar-refractivity contribution is 0.0859. The molecule has 0 aromatic heterocycles. The minimum absolute atomic E-state index is 0.0400. The molecule has 1 aliphatic rings. The van der Waals surface area contributed by atoms with Gasteiger partial charge >= 0.3 is 6.03 Å². The molecule has 0 unspecified atom stereocenters. The Hall–Kier alpha value is -3.87. The molecule has 2 amide bonds. The van der Waals surface area contributed by atoms with E-state index in [-0.39, 0.29) is 35.9 Å². The van der Waals surface area contributed by atoms with Crippen molar-refractivity contribution in [1.29, 1.82) is 0 Å². The summed E-state index contributed by atoms with van der Waals surface area (Å²) in [5.74, 6) is 0.277. The van der Waals surface area contributed by atoms with Gasteiger partial charge < -0.3 is 20.1 Å². The predicted octanol–water partition coefficient (Wildman–Crippen LogP) is 5.24. The van der Waals surface area contributed by atoms with Crippen LogP contribution in [0.25, 0.3) is 0 Å². The van der Waals surface area contributed by atoms with Crippen molar-refractivity contribution in [2.75, 3.05) is 18.4 Å². The molecule has 0 radical (unpaired) electrons. The Morgan fingerprint density at radius 3 is 2.45 bits per heavy atom. The number of piperidine rings is 1. The topological polar surface area (TPSA) is 78.9 Å². The van der Waals surface area contributed by atoms with Gasteiger partial charge in [-0.2, -0.15) is 0 Å². The number of ether oxygens (including phenoxy) is 1. The summed E-state index contributed by atoms with van der Waals surface area (Å²) in [4.78, 5) is 27.1. The van der Waals surface area contributed by atoms with E-state index in [9.17, 15) is 19.1 Å². The van der Waals surface area contributed by atoms with Gasteiger partial charge in [-0.15, -0.1) is 0 Å². The van der Waals surface area contributed by atoms with E-state index < -0.39 is 0 Å². The summed E-state index contributed by atoms with van der Waals surface area (Å²) in [6, 6.07) is 19.3. The summed E-state index contributed by atoms with van der Waals surface area (Å²) in [5, 5.41) is 12.3. The van der Waals surface area contributed by atoms with Crippen LogP contribution in [0.4, 0.5) is 14.9 Å². The van der Waals surface area contributed by atoms with Crippen LogP contribution in [0.15, 0.2) is 72.8 Å². The summed E-state index contributed by atoms with van der Waals surface area (Å²) in [6.45, 7) is 1.18. The molecule has 1 fully saturated rings. The Kier molecular flexibility index (Phi) is 6.88. The third-order valence-electron chi connectivity index (χ3n) is 5.68. The fourth-order valence-corrected chi connectivity index (χ4v) is 3.87. The maximum atomic E-state index is 13.3. The molecule has 4 rings (SSSR count). The standard InChI is InChI=1S/C26H25FN2O4/c27-21-4-1-3-18(15-21)17-33-24-6-2-5-22(16-24)28-26(32)29-13-11-20(12-14-29)25(31)19-7-9-23(30)10-8-19/h1-10,15-16,20,30H,11-14,17H2,(H,28,32). The first-order chi connectivity index (χ1) is 16.0. The number of rotatable bonds is 6. The Labute approximate surface area is 191 Å². The molecule has 7 heteroatoms. The maximum absolute atomic E-state index is 13.3. The van der Waals surface area contributed by atoms with Crippen molar-refractivity contribution in [3.05, 3.63) is 89.7 Å². The summed E-state index contributed by atoms with van der Waals surface area (Å²) in [7, 11) is 0. The number of nitrogens with zero attached hydrogens (tertiary/aromatic N) is 1. The first-order valence-electron chi connectivity index (χ1n) is 10.8. The number of nitrogens with one attached hydrogen (secondary N) is 1. The van der Waals surface area contributed by atoms with Gasteiger partial charge in [0.25, 0.3) is 0 Å². The van der Waals surface area contributed by atoms with Crippen LogP contribution >= 0.6 is 0 Å². The fourth-order valence-electron chi connectivity index (χ4n) is 3.87. The Balaban J connectivity index is 1.28. The van der Waals surface area contributed by atoms with E-state index >= 15 is 0 Å². The number of likely N-dealkylation sites (tertiary alicyclic amines) is 1. The Morgan fingerprint density at radius 1 is 1.00 bits per heavy atom. The van der Waals surface area contributed by atoms with Crippen LogP contribution < -0.4 is 10.1 Å². The van der Waals surface area contributed by atoms with Gasteiger partial charge in [-0.25, -0.2) is 9.18 Å². The molecule has 0 aliphatic carbocycles. The molecule has 1 saturated heterocycles. The first-order valence-corrected chi connectivity index (χ1v) is 10.8. The van der Waals surface area contributed by atoms with Crippen LogP contribution in [0, 0.1) is 11.7 Å². The average Bonchev–Trinajstić information content (AvgIpc) is 2.83. The number of phenols is 1. The van der Waals surface area contributed by atoms with Gasteiger partial charge in [0.2, 0.25) is 0 Å². The molecule has 0 spiro atoms. The lowest BCUT2D eigenvalue weighted by atomic mass is 9.89. The highest BCUT2D eigenvalue weighted by Crippen LogP contribution is 2.24. The summed E-state index contributed by atoms with van der Waals surface area (Å²) >= 11 is 0. The van der Waals surface area contributed by atoms with Crippen molar-refractivity contribution in [2.45, 2.75) is 19.4 Å². The number of carbonyl (C=O) groups excluding carboxylic acids is 2. The predicted molar refractivity (Wildman–Crippen MR) is 123 cm³/mol. The van der Waals surface area contributed by atoms with E-state index in [4.69, 9.17) is 4.74 Å². The van der Waals surface area contributed by atoms with E-state index in [1.165, 1.54) is 24.3 Å². The summed E-state index contributed by atoms with van der Waals surface area (Å²) in [5.41, 5.74) is 1.89.